The van der Waals surface area contributed by atoms with Gasteiger partial charge in [-0.05, 0) is 0 Å². The molecule has 2 aliphatic rings. The van der Waals surface area contributed by atoms with Crippen LogP contribution in [0.25, 0.3) is 0 Å². The second-order valence-corrected chi connectivity index (χ2v) is 8.46. The van der Waals surface area contributed by atoms with Crippen molar-refractivity contribution in [2.75, 3.05) is 25.2 Å². The zero-order valence-electron chi connectivity index (χ0n) is 10.1. The Labute approximate surface area is 111 Å². The second kappa shape index (κ2) is 4.61. The van der Waals surface area contributed by atoms with Gasteiger partial charge in [0.2, 0.25) is 0 Å². The van der Waals surface area contributed by atoms with Crippen LogP contribution in [0.4, 0.5) is 0 Å². The van der Waals surface area contributed by atoms with Gasteiger partial charge in [0.05, 0.1) is 0 Å². The van der Waals surface area contributed by atoms with E-state index in [4.69, 9.17) is 4.84 Å². The molecule has 0 amide bonds. The van der Waals surface area contributed by atoms with Crippen LogP contribution in [0.3, 0.4) is 0 Å². The Morgan fingerprint density at radius 3 is 2.83 bits per heavy atom. The average Bonchev–Trinajstić information content (AvgIpc) is 2.87. The summed E-state index contributed by atoms with van der Waals surface area (Å²) in [5, 5.41) is 1.70. The minimum absolute atomic E-state index is 0.192. The summed E-state index contributed by atoms with van der Waals surface area (Å²) in [6.45, 7) is 0.280. The van der Waals surface area contributed by atoms with Crippen LogP contribution in [0.15, 0.2) is 30.3 Å². The summed E-state index contributed by atoms with van der Waals surface area (Å²) in [5.41, 5.74) is 1.01. The number of nitrogens with zero attached hydrogens (tertiary/aromatic N) is 1. The van der Waals surface area contributed by atoms with Crippen LogP contribution >= 0.6 is 0 Å². The standard InChI is InChI=1S/C12H15NO3S2/c1-13-11(10-5-3-2-4-6-10)12(9-16-13)17(14)7-8-18(12)15/h2-6,11H,7-9H2,1H3/t11-,12?,17?/m1/s1. The Morgan fingerprint density at radius 2 is 2.22 bits per heavy atom. The molecule has 4 nitrogen and oxygen atoms in total. The molecular formula is C12H15NO3S2. The molecule has 0 radical (unpaired) electrons. The molecule has 98 valence electrons. The first kappa shape index (κ1) is 12.6. The molecule has 0 bridgehead atoms. The maximum atomic E-state index is 12.3. The predicted octanol–water partition coefficient (Wildman–Crippen LogP) is 1.03. The first-order valence-electron chi connectivity index (χ1n) is 5.84. The maximum absolute atomic E-state index is 12.3. The van der Waals surface area contributed by atoms with Gasteiger partial charge < -0.3 is 0 Å². The minimum atomic E-state index is -1.10. The van der Waals surface area contributed by atoms with Crippen molar-refractivity contribution >= 4 is 21.4 Å². The van der Waals surface area contributed by atoms with Crippen molar-refractivity contribution in [2.24, 2.45) is 0 Å². The molecule has 3 rings (SSSR count). The van der Waals surface area contributed by atoms with Crippen molar-refractivity contribution in [1.82, 2.24) is 5.06 Å². The average molecular weight is 285 g/mol. The van der Waals surface area contributed by atoms with E-state index in [1.807, 2.05) is 37.4 Å². The van der Waals surface area contributed by atoms with Gasteiger partial charge in [-0.25, -0.2) is 0 Å². The predicted molar refractivity (Wildman–Crippen MR) is 71.6 cm³/mol. The fraction of sp³-hybridized carbons (Fsp3) is 0.500. The van der Waals surface area contributed by atoms with Crippen molar-refractivity contribution in [2.45, 2.75) is 10.1 Å². The van der Waals surface area contributed by atoms with Crippen molar-refractivity contribution in [3.05, 3.63) is 35.9 Å². The monoisotopic (exact) mass is 285 g/mol. The van der Waals surface area contributed by atoms with Crippen LogP contribution in [0.1, 0.15) is 11.6 Å². The third-order valence-corrected chi connectivity index (χ3v) is 8.34. The SMILES string of the molecule is CN1OCC2([C@H]1c1ccccc1)S(=O)CC[S-]2#[O+]. The number of hydrogen-bond acceptors (Lipinski definition) is 4. The number of benzene rings is 1. The van der Waals surface area contributed by atoms with Crippen LogP contribution in [-0.2, 0) is 30.3 Å². The van der Waals surface area contributed by atoms with Crippen molar-refractivity contribution in [1.29, 1.82) is 0 Å². The normalized spacial score (nSPS) is 37.6. The molecule has 3 atom stereocenters. The van der Waals surface area contributed by atoms with Gasteiger partial charge in [-0.15, -0.1) is 0 Å². The van der Waals surface area contributed by atoms with Crippen molar-refractivity contribution in [3.8, 4) is 0 Å². The van der Waals surface area contributed by atoms with E-state index in [1.165, 1.54) is 0 Å². The van der Waals surface area contributed by atoms with Gasteiger partial charge in [-0.2, -0.15) is 0 Å². The fourth-order valence-corrected chi connectivity index (χ4v) is 7.37. The molecule has 2 heterocycles. The Hall–Kier alpha value is -0.400. The van der Waals surface area contributed by atoms with Crippen molar-refractivity contribution < 1.29 is 13.1 Å². The van der Waals surface area contributed by atoms with Gasteiger partial charge in [-0.1, -0.05) is 0 Å². The van der Waals surface area contributed by atoms with Gasteiger partial charge in [0.25, 0.3) is 0 Å². The molecule has 6 heteroatoms. The summed E-state index contributed by atoms with van der Waals surface area (Å²) in [6, 6.07) is 9.58. The molecule has 18 heavy (non-hydrogen) atoms. The van der Waals surface area contributed by atoms with Crippen LogP contribution in [0.2, 0.25) is 0 Å². The number of hydroxylamine groups is 2. The summed E-state index contributed by atoms with van der Waals surface area (Å²) in [7, 11) is -0.391. The summed E-state index contributed by atoms with van der Waals surface area (Å²) in [6.07, 6.45) is 0. The summed E-state index contributed by atoms with van der Waals surface area (Å²) >= 11 is 0. The van der Waals surface area contributed by atoms with Gasteiger partial charge in [-0.3, -0.25) is 0 Å². The molecule has 1 spiro atoms. The topological polar surface area (TPSA) is 49.4 Å². The van der Waals surface area contributed by atoms with E-state index in [9.17, 15) is 8.25 Å². The zero-order chi connectivity index (χ0) is 12.8. The van der Waals surface area contributed by atoms with Gasteiger partial charge in [0, 0.05) is 0 Å². The molecule has 2 saturated heterocycles. The summed E-state index contributed by atoms with van der Waals surface area (Å²) < 4.78 is 23.9. The van der Waals surface area contributed by atoms with Gasteiger partial charge in [0.15, 0.2) is 0 Å². The molecule has 2 fully saturated rings. The Balaban J connectivity index is 2.11. The molecule has 0 saturated carbocycles. The van der Waals surface area contributed by atoms with E-state index in [-0.39, 0.29) is 12.6 Å². The van der Waals surface area contributed by atoms with E-state index >= 15 is 0 Å². The molecule has 2 aliphatic heterocycles. The van der Waals surface area contributed by atoms with E-state index < -0.39 is 25.5 Å². The molecule has 2 unspecified atom stereocenters. The second-order valence-electron chi connectivity index (χ2n) is 4.54. The Bertz CT molecular complexity index is 553. The molecule has 0 N–H and O–H groups in total. The van der Waals surface area contributed by atoms with Crippen LogP contribution in [0.5, 0.6) is 0 Å². The molecule has 0 aromatic heterocycles. The van der Waals surface area contributed by atoms with Crippen molar-refractivity contribution in [3.63, 3.8) is 0 Å². The summed E-state index contributed by atoms with van der Waals surface area (Å²) in [4.78, 5) is 5.55. The Kier molecular flexibility index (Phi) is 3.23. The number of rotatable bonds is 1. The molecule has 0 aliphatic carbocycles. The summed E-state index contributed by atoms with van der Waals surface area (Å²) in [5.74, 6) is 1.01. The quantitative estimate of drug-likeness (QED) is 0.572. The third kappa shape index (κ3) is 1.67. The Morgan fingerprint density at radius 1 is 1.50 bits per heavy atom. The molecule has 1 aromatic rings. The first-order valence-corrected chi connectivity index (χ1v) is 8.48. The third-order valence-electron chi connectivity index (χ3n) is 3.59. The number of hydrogen-bond donors (Lipinski definition) is 0. The molecular weight excluding hydrogens is 270 g/mol. The van der Waals surface area contributed by atoms with E-state index in [0.29, 0.717) is 11.5 Å². The van der Waals surface area contributed by atoms with Crippen LogP contribution in [0, 0.1) is 0 Å². The fourth-order valence-electron chi connectivity index (χ4n) is 2.70. The van der Waals surface area contributed by atoms with Crippen LogP contribution < -0.4 is 0 Å². The van der Waals surface area contributed by atoms with Gasteiger partial charge in [0.1, 0.15) is 0 Å². The van der Waals surface area contributed by atoms with Gasteiger partial charge >= 0.3 is 111 Å². The van der Waals surface area contributed by atoms with E-state index in [0.717, 1.165) is 5.56 Å². The molecule has 1 aromatic carbocycles. The zero-order valence-corrected chi connectivity index (χ0v) is 11.7. The van der Waals surface area contributed by atoms with E-state index in [1.54, 1.807) is 5.06 Å². The van der Waals surface area contributed by atoms with Crippen LogP contribution in [-0.4, -0.2) is 38.5 Å². The van der Waals surface area contributed by atoms with E-state index in [2.05, 4.69) is 0 Å². The first-order chi connectivity index (χ1) is 8.66.